The number of hydrogen-bond donors (Lipinski definition) is 2. The molecule has 1 aromatic carbocycles. The average Bonchev–Trinajstić information content (AvgIpc) is 2.02. The summed E-state index contributed by atoms with van der Waals surface area (Å²) in [7, 11) is -2.30. The lowest BCUT2D eigenvalue weighted by atomic mass is 10.1. The third kappa shape index (κ3) is 1.48. The minimum absolute atomic E-state index is 0.448. The molecule has 12 heavy (non-hydrogen) atoms. The largest absolute Gasteiger partial charge is 0.299 e. The van der Waals surface area contributed by atoms with Gasteiger partial charge >= 0.3 is 0 Å². The van der Waals surface area contributed by atoms with E-state index in [0.717, 1.165) is 12.0 Å². The Morgan fingerprint density at radius 2 is 1.75 bits per heavy atom. The van der Waals surface area contributed by atoms with Gasteiger partial charge < -0.3 is 0 Å². The lowest BCUT2D eigenvalue weighted by Gasteiger charge is -2.36. The van der Waals surface area contributed by atoms with E-state index in [-0.39, 0.29) is 0 Å². The predicted molar refractivity (Wildman–Crippen MR) is 51.6 cm³/mol. The highest BCUT2D eigenvalue weighted by atomic mass is 32.3. The van der Waals surface area contributed by atoms with Gasteiger partial charge in [0.1, 0.15) is 0 Å². The smallest absolute Gasteiger partial charge is 0.0627 e. The quantitative estimate of drug-likeness (QED) is 0.650. The van der Waals surface area contributed by atoms with Gasteiger partial charge in [0.05, 0.1) is 5.75 Å². The van der Waals surface area contributed by atoms with Crippen molar-refractivity contribution in [3.05, 3.63) is 35.4 Å². The van der Waals surface area contributed by atoms with Gasteiger partial charge in [-0.15, -0.1) is 0 Å². The monoisotopic (exact) mass is 184 g/mol. The van der Waals surface area contributed by atoms with E-state index in [1.807, 2.05) is 18.2 Å². The molecule has 0 radical (unpaired) electrons. The zero-order chi connectivity index (χ0) is 8.60. The van der Waals surface area contributed by atoms with Crippen LogP contribution in [0.15, 0.2) is 24.3 Å². The van der Waals surface area contributed by atoms with Crippen molar-refractivity contribution in [1.82, 2.24) is 0 Å². The van der Waals surface area contributed by atoms with E-state index < -0.39 is 10.6 Å². The van der Waals surface area contributed by atoms with Crippen molar-refractivity contribution >= 4 is 10.6 Å². The van der Waals surface area contributed by atoms with Crippen LogP contribution in [0.3, 0.4) is 0 Å². The van der Waals surface area contributed by atoms with E-state index in [9.17, 15) is 9.11 Å². The molecule has 0 spiro atoms. The van der Waals surface area contributed by atoms with Gasteiger partial charge in [0.2, 0.25) is 0 Å². The van der Waals surface area contributed by atoms with Crippen LogP contribution in [-0.2, 0) is 12.2 Å². The number of aryl methyl sites for hydroxylation is 1. The van der Waals surface area contributed by atoms with Crippen molar-refractivity contribution in [2.75, 3.05) is 5.75 Å². The van der Waals surface area contributed by atoms with Crippen molar-refractivity contribution in [2.45, 2.75) is 12.2 Å². The summed E-state index contributed by atoms with van der Waals surface area (Å²) in [6.07, 6.45) is 0.804. The molecule has 1 aliphatic rings. The van der Waals surface area contributed by atoms with Crippen LogP contribution < -0.4 is 0 Å². The second-order valence-electron chi connectivity index (χ2n) is 3.17. The number of hydrogen-bond acceptors (Lipinski definition) is 2. The van der Waals surface area contributed by atoms with Gasteiger partial charge in [-0.1, -0.05) is 24.3 Å². The van der Waals surface area contributed by atoms with Gasteiger partial charge in [-0.05, 0) is 17.5 Å². The van der Waals surface area contributed by atoms with E-state index in [0.29, 0.717) is 11.5 Å². The average molecular weight is 184 g/mol. The summed E-state index contributed by atoms with van der Waals surface area (Å²) in [5, 5.41) is 0. The number of rotatable bonds is 0. The van der Waals surface area contributed by atoms with Gasteiger partial charge in [-0.2, -0.15) is 10.6 Å². The summed E-state index contributed by atoms with van der Waals surface area (Å²) < 4.78 is 18.9. The van der Waals surface area contributed by atoms with Crippen LogP contribution in [0.1, 0.15) is 11.1 Å². The Bertz CT molecular complexity index is 296. The number of benzene rings is 1. The molecule has 0 unspecified atom stereocenters. The first-order chi connectivity index (χ1) is 5.67. The van der Waals surface area contributed by atoms with Crippen LogP contribution in [0.4, 0.5) is 0 Å². The first-order valence-electron chi connectivity index (χ1n) is 3.98. The molecule has 0 atom stereocenters. The molecule has 1 heterocycles. The molecule has 0 saturated heterocycles. The summed E-state index contributed by atoms with van der Waals surface area (Å²) in [5.41, 5.74) is 2.37. The summed E-state index contributed by atoms with van der Waals surface area (Å²) in [6.45, 7) is 0. The van der Waals surface area contributed by atoms with Crippen LogP contribution in [0.5, 0.6) is 0 Å². The topological polar surface area (TPSA) is 40.5 Å². The fourth-order valence-electron chi connectivity index (χ4n) is 1.54. The fraction of sp³-hybridized carbons (Fsp3) is 0.333. The Morgan fingerprint density at radius 3 is 2.50 bits per heavy atom. The molecular formula is C9H12O2S. The molecule has 2 rings (SSSR count). The standard InChI is InChI=1S/C9H12O2S/c10-12(11)6-5-8-3-1-2-4-9(8)7-12/h1-4,10-11H,5-7H2. The molecule has 1 aliphatic heterocycles. The first-order valence-corrected chi connectivity index (χ1v) is 5.86. The highest BCUT2D eigenvalue weighted by molar-refractivity contribution is 8.23. The van der Waals surface area contributed by atoms with Gasteiger partial charge in [0.25, 0.3) is 0 Å². The molecule has 0 amide bonds. The third-order valence-corrected chi connectivity index (χ3v) is 3.83. The molecular weight excluding hydrogens is 172 g/mol. The SMILES string of the molecule is OS1(O)CCc2ccccc2C1. The highest BCUT2D eigenvalue weighted by Crippen LogP contribution is 2.46. The van der Waals surface area contributed by atoms with Crippen LogP contribution in [0, 0.1) is 0 Å². The summed E-state index contributed by atoms with van der Waals surface area (Å²) in [5.74, 6) is 0.979. The van der Waals surface area contributed by atoms with Gasteiger partial charge in [-0.25, -0.2) is 0 Å². The minimum atomic E-state index is -2.30. The predicted octanol–water partition coefficient (Wildman–Crippen LogP) is 2.49. The maximum absolute atomic E-state index is 9.46. The highest BCUT2D eigenvalue weighted by Gasteiger charge is 2.20. The Morgan fingerprint density at radius 1 is 1.08 bits per heavy atom. The maximum Gasteiger partial charge on any atom is 0.0627 e. The van der Waals surface area contributed by atoms with Gasteiger partial charge in [0.15, 0.2) is 0 Å². The Hall–Kier alpha value is -0.510. The summed E-state index contributed by atoms with van der Waals surface area (Å²) in [6, 6.07) is 7.97. The summed E-state index contributed by atoms with van der Waals surface area (Å²) in [4.78, 5) is 0. The normalized spacial score (nSPS) is 22.8. The van der Waals surface area contributed by atoms with Crippen molar-refractivity contribution in [2.24, 2.45) is 0 Å². The van der Waals surface area contributed by atoms with Crippen LogP contribution >= 0.6 is 10.6 Å². The molecule has 2 nitrogen and oxygen atoms in total. The summed E-state index contributed by atoms with van der Waals surface area (Å²) >= 11 is 0. The van der Waals surface area contributed by atoms with E-state index in [1.54, 1.807) is 0 Å². The molecule has 0 aromatic heterocycles. The van der Waals surface area contributed by atoms with E-state index in [4.69, 9.17) is 0 Å². The Balaban J connectivity index is 2.35. The Kier molecular flexibility index (Phi) is 1.87. The third-order valence-electron chi connectivity index (χ3n) is 2.20. The second kappa shape index (κ2) is 2.76. The molecule has 0 saturated carbocycles. The zero-order valence-corrected chi connectivity index (χ0v) is 7.55. The number of fused-ring (bicyclic) bond motifs is 1. The van der Waals surface area contributed by atoms with Gasteiger partial charge in [-0.3, -0.25) is 9.11 Å². The first kappa shape index (κ1) is 8.10. The van der Waals surface area contributed by atoms with E-state index in [1.165, 1.54) is 5.56 Å². The van der Waals surface area contributed by atoms with Crippen molar-refractivity contribution in [3.63, 3.8) is 0 Å². The maximum atomic E-state index is 9.46. The second-order valence-corrected chi connectivity index (χ2v) is 5.47. The lowest BCUT2D eigenvalue weighted by Crippen LogP contribution is -2.15. The fourth-order valence-corrected chi connectivity index (χ4v) is 3.01. The molecule has 66 valence electrons. The molecule has 2 N–H and O–H groups in total. The Labute approximate surface area is 73.6 Å². The van der Waals surface area contributed by atoms with E-state index in [2.05, 4.69) is 6.07 Å². The van der Waals surface area contributed by atoms with Crippen molar-refractivity contribution in [3.8, 4) is 0 Å². The van der Waals surface area contributed by atoms with Gasteiger partial charge in [0, 0.05) is 5.75 Å². The van der Waals surface area contributed by atoms with E-state index >= 15 is 0 Å². The molecule has 3 heteroatoms. The van der Waals surface area contributed by atoms with Crippen LogP contribution in [0.2, 0.25) is 0 Å². The van der Waals surface area contributed by atoms with Crippen LogP contribution in [0.25, 0.3) is 0 Å². The van der Waals surface area contributed by atoms with Crippen molar-refractivity contribution < 1.29 is 9.11 Å². The molecule has 0 bridgehead atoms. The zero-order valence-electron chi connectivity index (χ0n) is 6.73. The molecule has 0 fully saturated rings. The minimum Gasteiger partial charge on any atom is -0.299 e. The van der Waals surface area contributed by atoms with Crippen molar-refractivity contribution in [1.29, 1.82) is 0 Å². The molecule has 1 aromatic rings. The lowest BCUT2D eigenvalue weighted by molar-refractivity contribution is 0.482. The van der Waals surface area contributed by atoms with Crippen LogP contribution in [-0.4, -0.2) is 14.9 Å². The molecule has 0 aliphatic carbocycles.